The molecule has 0 atom stereocenters. The third-order valence-corrected chi connectivity index (χ3v) is 6.30. The van der Waals surface area contributed by atoms with Crippen LogP contribution in [0.2, 0.25) is 0 Å². The number of nitrogens with zero attached hydrogens (tertiary/aromatic N) is 1. The Bertz CT molecular complexity index is 1240. The summed E-state index contributed by atoms with van der Waals surface area (Å²) in [4.78, 5) is 21.8. The van der Waals surface area contributed by atoms with Gasteiger partial charge < -0.3 is 14.5 Å². The number of thiophene rings is 2. The lowest BCUT2D eigenvalue weighted by atomic mass is 10.2. The van der Waals surface area contributed by atoms with Crippen molar-refractivity contribution in [3.05, 3.63) is 62.8 Å². The van der Waals surface area contributed by atoms with E-state index in [9.17, 15) is 4.79 Å². The Kier molecular flexibility index (Phi) is 5.71. The second-order valence-corrected chi connectivity index (χ2v) is 8.27. The number of fused-ring (bicyclic) bond motifs is 1. The van der Waals surface area contributed by atoms with Gasteiger partial charge in [-0.2, -0.15) is 0 Å². The van der Waals surface area contributed by atoms with E-state index in [1.165, 1.54) is 11.3 Å². The predicted molar refractivity (Wildman–Crippen MR) is 121 cm³/mol. The number of rotatable bonds is 6. The van der Waals surface area contributed by atoms with Gasteiger partial charge in [0.15, 0.2) is 17.3 Å². The van der Waals surface area contributed by atoms with E-state index in [1.807, 2.05) is 48.0 Å². The van der Waals surface area contributed by atoms with Crippen molar-refractivity contribution in [2.75, 3.05) is 13.7 Å². The molecule has 0 radical (unpaired) electrons. The number of ether oxygens (including phenoxy) is 2. The van der Waals surface area contributed by atoms with Gasteiger partial charge in [0.25, 0.3) is 5.56 Å². The number of hydrogen-bond acceptors (Lipinski definition) is 6. The van der Waals surface area contributed by atoms with E-state index in [4.69, 9.17) is 21.1 Å². The van der Waals surface area contributed by atoms with Crippen LogP contribution in [0.1, 0.15) is 18.3 Å². The maximum absolute atomic E-state index is 12.7. The molecule has 0 saturated carbocycles. The standard InChI is InChI=1S/C21H17ClN2O3S2/c1-3-27-16-10-12(6-7-15(16)26-2)9-14(22)19-23-20(25)18-13(11-29-21(18)24-19)17-5-4-8-28-17/h4-11H,3H2,1-2H3,(H,23,24,25)/b14-9-. The summed E-state index contributed by atoms with van der Waals surface area (Å²) in [6.07, 6.45) is 1.74. The molecule has 0 saturated heterocycles. The SMILES string of the molecule is CCOc1cc(/C=C(\Cl)c2nc3scc(-c4cccs4)c3c(=O)[nH]2)ccc1OC. The lowest BCUT2D eigenvalue weighted by Crippen LogP contribution is -2.10. The molecule has 0 aliphatic carbocycles. The van der Waals surface area contributed by atoms with Crippen LogP contribution >= 0.6 is 34.3 Å². The van der Waals surface area contributed by atoms with Gasteiger partial charge in [-0.15, -0.1) is 22.7 Å². The molecule has 3 heterocycles. The molecule has 1 aromatic carbocycles. The van der Waals surface area contributed by atoms with Gasteiger partial charge in [0.05, 0.1) is 24.1 Å². The van der Waals surface area contributed by atoms with Crippen LogP contribution in [0.5, 0.6) is 11.5 Å². The molecule has 4 rings (SSSR count). The first-order chi connectivity index (χ1) is 14.1. The van der Waals surface area contributed by atoms with Crippen LogP contribution in [0.25, 0.3) is 31.8 Å². The Morgan fingerprint density at radius 2 is 2.14 bits per heavy atom. The molecule has 0 aliphatic heterocycles. The third kappa shape index (κ3) is 3.94. The van der Waals surface area contributed by atoms with E-state index in [0.717, 1.165) is 16.0 Å². The van der Waals surface area contributed by atoms with Crippen molar-refractivity contribution in [3.63, 3.8) is 0 Å². The molecule has 3 aromatic heterocycles. The van der Waals surface area contributed by atoms with Crippen molar-refractivity contribution in [3.8, 4) is 21.9 Å². The molecule has 1 N–H and O–H groups in total. The molecular weight excluding hydrogens is 428 g/mol. The third-order valence-electron chi connectivity index (χ3n) is 4.24. The highest BCUT2D eigenvalue weighted by molar-refractivity contribution is 7.18. The van der Waals surface area contributed by atoms with Gasteiger partial charge in [-0.25, -0.2) is 4.98 Å². The number of nitrogens with one attached hydrogen (secondary N) is 1. The topological polar surface area (TPSA) is 64.2 Å². The van der Waals surface area contributed by atoms with Gasteiger partial charge in [-0.3, -0.25) is 4.79 Å². The number of benzene rings is 1. The number of aromatic nitrogens is 2. The van der Waals surface area contributed by atoms with Gasteiger partial charge in [0.2, 0.25) is 0 Å². The number of hydrogen-bond donors (Lipinski definition) is 1. The average Bonchev–Trinajstić information content (AvgIpc) is 3.38. The van der Waals surface area contributed by atoms with E-state index in [2.05, 4.69) is 9.97 Å². The van der Waals surface area contributed by atoms with Crippen molar-refractivity contribution in [2.45, 2.75) is 6.92 Å². The van der Waals surface area contributed by atoms with Crippen LogP contribution in [0, 0.1) is 0 Å². The van der Waals surface area contributed by atoms with Crippen molar-refractivity contribution in [2.24, 2.45) is 0 Å². The van der Waals surface area contributed by atoms with Crippen LogP contribution in [-0.2, 0) is 0 Å². The maximum atomic E-state index is 12.7. The highest BCUT2D eigenvalue weighted by atomic mass is 35.5. The van der Waals surface area contributed by atoms with E-state index in [-0.39, 0.29) is 5.56 Å². The molecule has 0 spiro atoms. The molecule has 0 bridgehead atoms. The highest BCUT2D eigenvalue weighted by Crippen LogP contribution is 2.34. The lowest BCUT2D eigenvalue weighted by Gasteiger charge is -2.10. The summed E-state index contributed by atoms with van der Waals surface area (Å²) in [6.45, 7) is 2.43. The Hall–Kier alpha value is -2.61. The van der Waals surface area contributed by atoms with Gasteiger partial charge >= 0.3 is 0 Å². The Balaban J connectivity index is 1.73. The van der Waals surface area contributed by atoms with Crippen molar-refractivity contribution < 1.29 is 9.47 Å². The highest BCUT2D eigenvalue weighted by Gasteiger charge is 2.15. The number of methoxy groups -OCH3 is 1. The first-order valence-electron chi connectivity index (χ1n) is 8.84. The Morgan fingerprint density at radius 1 is 1.28 bits per heavy atom. The largest absolute Gasteiger partial charge is 0.493 e. The maximum Gasteiger partial charge on any atom is 0.260 e. The Labute approximate surface area is 180 Å². The predicted octanol–water partition coefficient (Wildman–Crippen LogP) is 5.86. The molecule has 148 valence electrons. The van der Waals surface area contributed by atoms with Crippen LogP contribution in [0.15, 0.2) is 45.9 Å². The summed E-state index contributed by atoms with van der Waals surface area (Å²) in [6, 6.07) is 9.46. The van der Waals surface area contributed by atoms with Crippen LogP contribution in [0.3, 0.4) is 0 Å². The second kappa shape index (κ2) is 8.41. The Morgan fingerprint density at radius 3 is 2.86 bits per heavy atom. The van der Waals surface area contributed by atoms with E-state index in [1.54, 1.807) is 24.5 Å². The monoisotopic (exact) mass is 444 g/mol. The van der Waals surface area contributed by atoms with E-state index < -0.39 is 0 Å². The molecule has 4 aromatic rings. The lowest BCUT2D eigenvalue weighted by molar-refractivity contribution is 0.311. The van der Waals surface area contributed by atoms with Crippen molar-refractivity contribution >= 4 is 55.6 Å². The summed E-state index contributed by atoms with van der Waals surface area (Å²) in [5, 5.41) is 4.87. The number of H-pyrrole nitrogens is 1. The molecule has 0 aliphatic rings. The molecule has 0 unspecified atom stereocenters. The quantitative estimate of drug-likeness (QED) is 0.404. The van der Waals surface area contributed by atoms with Crippen LogP contribution < -0.4 is 15.0 Å². The number of halogens is 1. The summed E-state index contributed by atoms with van der Waals surface area (Å²) >= 11 is 9.51. The summed E-state index contributed by atoms with van der Waals surface area (Å²) < 4.78 is 10.9. The fourth-order valence-corrected chi connectivity index (χ4v) is 4.92. The van der Waals surface area contributed by atoms with Gasteiger partial charge in [-0.05, 0) is 42.1 Å². The van der Waals surface area contributed by atoms with Gasteiger partial charge in [0.1, 0.15) is 4.83 Å². The first-order valence-corrected chi connectivity index (χ1v) is 11.0. The zero-order chi connectivity index (χ0) is 20.4. The zero-order valence-corrected chi connectivity index (χ0v) is 18.1. The molecule has 0 amide bonds. The fourth-order valence-electron chi connectivity index (χ4n) is 2.94. The molecule has 0 fully saturated rings. The number of aromatic amines is 1. The minimum absolute atomic E-state index is 0.203. The summed E-state index contributed by atoms with van der Waals surface area (Å²) in [5.41, 5.74) is 1.51. The smallest absolute Gasteiger partial charge is 0.260 e. The fraction of sp³-hybridized carbons (Fsp3) is 0.143. The van der Waals surface area contributed by atoms with Gasteiger partial charge in [0, 0.05) is 15.8 Å². The minimum atomic E-state index is -0.203. The molecule has 8 heteroatoms. The molecular formula is C21H17ClN2O3S2. The molecule has 5 nitrogen and oxygen atoms in total. The molecule has 29 heavy (non-hydrogen) atoms. The first kappa shape index (κ1) is 19.7. The normalized spacial score (nSPS) is 11.8. The summed E-state index contributed by atoms with van der Waals surface area (Å²) in [7, 11) is 1.59. The average molecular weight is 445 g/mol. The van der Waals surface area contributed by atoms with Crippen molar-refractivity contribution in [1.29, 1.82) is 0 Å². The summed E-state index contributed by atoms with van der Waals surface area (Å²) in [5.74, 6) is 1.61. The van der Waals surface area contributed by atoms with E-state index in [0.29, 0.717) is 39.2 Å². The van der Waals surface area contributed by atoms with Gasteiger partial charge in [-0.1, -0.05) is 23.7 Å². The second-order valence-electron chi connectivity index (χ2n) is 6.06. The van der Waals surface area contributed by atoms with Crippen molar-refractivity contribution in [1.82, 2.24) is 9.97 Å². The van der Waals surface area contributed by atoms with Crippen LogP contribution in [-0.4, -0.2) is 23.7 Å². The van der Waals surface area contributed by atoms with Crippen LogP contribution in [0.4, 0.5) is 0 Å². The minimum Gasteiger partial charge on any atom is -0.493 e. The van der Waals surface area contributed by atoms with E-state index >= 15 is 0 Å². The zero-order valence-electron chi connectivity index (χ0n) is 15.7.